The molecule has 1 rings (SSSR count). The molecule has 0 aromatic heterocycles. The van der Waals surface area contributed by atoms with Crippen LogP contribution in [0.1, 0.15) is 24.0 Å². The number of carbonyl (C=O) groups excluding carboxylic acids is 1. The lowest BCUT2D eigenvalue weighted by molar-refractivity contribution is -0.107. The van der Waals surface area contributed by atoms with Crippen LogP contribution in [0.25, 0.3) is 0 Å². The van der Waals surface area contributed by atoms with Gasteiger partial charge in [-0.2, -0.15) is 0 Å². The number of aryl methyl sites for hydroxylation is 1. The fraction of sp³-hybridized carbons (Fsp3) is 0.462. The molecule has 0 saturated heterocycles. The second-order valence-electron chi connectivity index (χ2n) is 3.64. The van der Waals surface area contributed by atoms with E-state index < -0.39 is 0 Å². The smallest absolute Gasteiger partial charge is 0.128 e. The summed E-state index contributed by atoms with van der Waals surface area (Å²) in [5, 5.41) is 0. The molecule has 16 heavy (non-hydrogen) atoms. The van der Waals surface area contributed by atoms with Crippen LogP contribution in [0.3, 0.4) is 0 Å². The number of rotatable bonds is 6. The summed E-state index contributed by atoms with van der Waals surface area (Å²) in [4.78, 5) is 10.3. The van der Waals surface area contributed by atoms with Crippen molar-refractivity contribution < 1.29 is 14.3 Å². The van der Waals surface area contributed by atoms with E-state index in [0.29, 0.717) is 6.42 Å². The van der Waals surface area contributed by atoms with E-state index in [2.05, 4.69) is 0 Å². The van der Waals surface area contributed by atoms with Crippen LogP contribution in [-0.4, -0.2) is 20.5 Å². The molecular formula is C13H18O3. The highest BCUT2D eigenvalue weighted by atomic mass is 16.5. The van der Waals surface area contributed by atoms with Gasteiger partial charge in [-0.05, 0) is 31.4 Å². The van der Waals surface area contributed by atoms with Gasteiger partial charge < -0.3 is 14.3 Å². The summed E-state index contributed by atoms with van der Waals surface area (Å²) in [6.07, 6.45) is 3.25. The van der Waals surface area contributed by atoms with E-state index in [-0.39, 0.29) is 0 Å². The largest absolute Gasteiger partial charge is 0.496 e. The molecule has 0 atom stereocenters. The van der Waals surface area contributed by atoms with Crippen molar-refractivity contribution in [3.8, 4) is 11.5 Å². The van der Waals surface area contributed by atoms with Crippen LogP contribution in [0.15, 0.2) is 12.1 Å². The standard InChI is InChI=1S/C13H18O3/c1-10-12(15-2)8-7-11(13(10)16-3)6-4-5-9-14/h7-9H,4-6H2,1-3H3. The van der Waals surface area contributed by atoms with Crippen LogP contribution in [0.5, 0.6) is 11.5 Å². The average Bonchev–Trinajstić information content (AvgIpc) is 2.30. The molecule has 0 unspecified atom stereocenters. The highest BCUT2D eigenvalue weighted by Crippen LogP contribution is 2.31. The minimum Gasteiger partial charge on any atom is -0.496 e. The zero-order valence-electron chi connectivity index (χ0n) is 10.1. The molecule has 0 N–H and O–H groups in total. The Balaban J connectivity index is 2.91. The first-order chi connectivity index (χ1) is 7.74. The molecule has 0 fully saturated rings. The number of benzene rings is 1. The van der Waals surface area contributed by atoms with Gasteiger partial charge in [0.05, 0.1) is 14.2 Å². The molecule has 88 valence electrons. The molecule has 3 nitrogen and oxygen atoms in total. The predicted octanol–water partition coefficient (Wildman–Crippen LogP) is 2.53. The fourth-order valence-electron chi connectivity index (χ4n) is 1.81. The molecule has 0 radical (unpaired) electrons. The average molecular weight is 222 g/mol. The summed E-state index contributed by atoms with van der Waals surface area (Å²) in [7, 11) is 3.30. The van der Waals surface area contributed by atoms with Gasteiger partial charge in [0.15, 0.2) is 0 Å². The maximum atomic E-state index is 10.3. The van der Waals surface area contributed by atoms with Crippen LogP contribution in [-0.2, 0) is 11.2 Å². The number of hydrogen-bond donors (Lipinski definition) is 0. The minimum absolute atomic E-state index is 0.591. The minimum atomic E-state index is 0.591. The highest BCUT2D eigenvalue weighted by molar-refractivity contribution is 5.51. The number of carbonyl (C=O) groups is 1. The predicted molar refractivity (Wildman–Crippen MR) is 63.3 cm³/mol. The first-order valence-electron chi connectivity index (χ1n) is 5.38. The molecule has 0 spiro atoms. The van der Waals surface area contributed by atoms with Gasteiger partial charge >= 0.3 is 0 Å². The lowest BCUT2D eigenvalue weighted by Crippen LogP contribution is -1.98. The lowest BCUT2D eigenvalue weighted by Gasteiger charge is -2.14. The molecule has 0 aliphatic carbocycles. The van der Waals surface area contributed by atoms with E-state index in [0.717, 1.165) is 41.8 Å². The van der Waals surface area contributed by atoms with Gasteiger partial charge in [-0.25, -0.2) is 0 Å². The summed E-state index contributed by atoms with van der Waals surface area (Å²) < 4.78 is 10.6. The van der Waals surface area contributed by atoms with Gasteiger partial charge in [-0.3, -0.25) is 0 Å². The Bertz CT molecular complexity index is 358. The van der Waals surface area contributed by atoms with Crippen molar-refractivity contribution in [1.82, 2.24) is 0 Å². The highest BCUT2D eigenvalue weighted by Gasteiger charge is 2.10. The van der Waals surface area contributed by atoms with Crippen molar-refractivity contribution >= 4 is 6.29 Å². The van der Waals surface area contributed by atoms with E-state index in [1.807, 2.05) is 19.1 Å². The van der Waals surface area contributed by atoms with Crippen LogP contribution >= 0.6 is 0 Å². The molecule has 0 aliphatic heterocycles. The van der Waals surface area contributed by atoms with Gasteiger partial charge in [-0.1, -0.05) is 6.07 Å². The topological polar surface area (TPSA) is 35.5 Å². The van der Waals surface area contributed by atoms with Crippen molar-refractivity contribution in [2.24, 2.45) is 0 Å². The number of hydrogen-bond acceptors (Lipinski definition) is 3. The maximum Gasteiger partial charge on any atom is 0.128 e. The van der Waals surface area contributed by atoms with Crippen molar-refractivity contribution in [1.29, 1.82) is 0 Å². The fourth-order valence-corrected chi connectivity index (χ4v) is 1.81. The monoisotopic (exact) mass is 222 g/mol. The third kappa shape index (κ3) is 2.75. The Hall–Kier alpha value is -1.51. The number of aldehydes is 1. The maximum absolute atomic E-state index is 10.3. The van der Waals surface area contributed by atoms with E-state index in [1.165, 1.54) is 0 Å². The SMILES string of the molecule is COc1ccc(CCCC=O)c(OC)c1C. The van der Waals surface area contributed by atoms with Gasteiger partial charge in [0.1, 0.15) is 17.8 Å². The number of methoxy groups -OCH3 is 2. The third-order valence-corrected chi connectivity index (χ3v) is 2.63. The molecule has 3 heteroatoms. The second-order valence-corrected chi connectivity index (χ2v) is 3.64. The van der Waals surface area contributed by atoms with E-state index in [1.54, 1.807) is 14.2 Å². The molecule has 0 heterocycles. The Morgan fingerprint density at radius 3 is 2.56 bits per heavy atom. The lowest BCUT2D eigenvalue weighted by atomic mass is 10.0. The van der Waals surface area contributed by atoms with Crippen LogP contribution in [0.2, 0.25) is 0 Å². The van der Waals surface area contributed by atoms with Gasteiger partial charge in [0.25, 0.3) is 0 Å². The Morgan fingerprint density at radius 2 is 2.00 bits per heavy atom. The number of ether oxygens (including phenoxy) is 2. The molecular weight excluding hydrogens is 204 g/mol. The van der Waals surface area contributed by atoms with Crippen LogP contribution < -0.4 is 9.47 Å². The third-order valence-electron chi connectivity index (χ3n) is 2.63. The van der Waals surface area contributed by atoms with Crippen LogP contribution in [0.4, 0.5) is 0 Å². The van der Waals surface area contributed by atoms with Crippen molar-refractivity contribution in [3.63, 3.8) is 0 Å². The molecule has 0 saturated carbocycles. The summed E-state index contributed by atoms with van der Waals surface area (Å²) in [6, 6.07) is 3.93. The Kier molecular flexibility index (Phi) is 4.83. The van der Waals surface area contributed by atoms with E-state index >= 15 is 0 Å². The number of unbranched alkanes of at least 4 members (excludes halogenated alkanes) is 1. The zero-order chi connectivity index (χ0) is 12.0. The first-order valence-corrected chi connectivity index (χ1v) is 5.38. The van der Waals surface area contributed by atoms with Crippen molar-refractivity contribution in [2.75, 3.05) is 14.2 Å². The van der Waals surface area contributed by atoms with Crippen molar-refractivity contribution in [3.05, 3.63) is 23.3 Å². The molecule has 1 aromatic carbocycles. The molecule has 1 aromatic rings. The molecule has 0 aliphatic rings. The summed E-state index contributed by atoms with van der Waals surface area (Å²) in [6.45, 7) is 1.97. The van der Waals surface area contributed by atoms with Crippen LogP contribution in [0, 0.1) is 6.92 Å². The van der Waals surface area contributed by atoms with E-state index in [4.69, 9.17) is 9.47 Å². The zero-order valence-corrected chi connectivity index (χ0v) is 10.1. The molecule has 0 bridgehead atoms. The normalized spacial score (nSPS) is 9.94. The molecule has 0 amide bonds. The first kappa shape index (κ1) is 12.6. The summed E-state index contributed by atoms with van der Waals surface area (Å²) >= 11 is 0. The van der Waals surface area contributed by atoms with E-state index in [9.17, 15) is 4.79 Å². The quantitative estimate of drug-likeness (QED) is 0.548. The van der Waals surface area contributed by atoms with Gasteiger partial charge in [0.2, 0.25) is 0 Å². The van der Waals surface area contributed by atoms with Crippen molar-refractivity contribution in [2.45, 2.75) is 26.2 Å². The Labute approximate surface area is 96.4 Å². The second kappa shape index (κ2) is 6.16. The Morgan fingerprint density at radius 1 is 1.25 bits per heavy atom. The summed E-state index contributed by atoms with van der Waals surface area (Å²) in [5.41, 5.74) is 2.14. The van der Waals surface area contributed by atoms with Gasteiger partial charge in [0, 0.05) is 12.0 Å². The van der Waals surface area contributed by atoms with Gasteiger partial charge in [-0.15, -0.1) is 0 Å². The summed E-state index contributed by atoms with van der Waals surface area (Å²) in [5.74, 6) is 1.70.